The topological polar surface area (TPSA) is 117 Å². The Labute approximate surface area is 195 Å². The van der Waals surface area contributed by atoms with E-state index in [0.29, 0.717) is 21.2 Å². The number of fused-ring (bicyclic) bond motifs is 1. The minimum Gasteiger partial charge on any atom is -0.419 e. The van der Waals surface area contributed by atoms with Crippen LogP contribution in [0, 0.1) is 10.1 Å². The lowest BCUT2D eigenvalue weighted by Gasteiger charge is -2.21. The molecule has 0 amide bonds. The number of carbonyl (C=O) groups excluding carboxylic acids is 1. The first kappa shape index (κ1) is 23.6. The second-order valence-corrected chi connectivity index (χ2v) is 9.25. The molecular weight excluding hydrogens is 504 g/mol. The van der Waals surface area contributed by atoms with Crippen molar-refractivity contribution < 1.29 is 14.5 Å². The van der Waals surface area contributed by atoms with Crippen molar-refractivity contribution in [3.8, 4) is 5.75 Å². The summed E-state index contributed by atoms with van der Waals surface area (Å²) in [6.45, 7) is 6.74. The third-order valence-corrected chi connectivity index (χ3v) is 5.01. The Balaban J connectivity index is 2.29. The van der Waals surface area contributed by atoms with E-state index in [1.54, 1.807) is 18.2 Å². The van der Waals surface area contributed by atoms with Crippen molar-refractivity contribution >= 4 is 56.3 Å². The molecule has 0 unspecified atom stereocenters. The number of hydrogen-bond acceptors (Lipinski definition) is 7. The zero-order chi connectivity index (χ0) is 23.8. The van der Waals surface area contributed by atoms with Gasteiger partial charge in [-0.25, -0.2) is 4.98 Å². The minimum absolute atomic E-state index is 0.0398. The van der Waals surface area contributed by atoms with Crippen molar-refractivity contribution in [2.75, 3.05) is 0 Å². The minimum atomic E-state index is -0.755. The number of ether oxygens (including phenoxy) is 1. The summed E-state index contributed by atoms with van der Waals surface area (Å²) in [5, 5.41) is 16.1. The van der Waals surface area contributed by atoms with Gasteiger partial charge in [0.25, 0.3) is 5.56 Å². The van der Waals surface area contributed by atoms with Gasteiger partial charge in [0.15, 0.2) is 0 Å². The monoisotopic (exact) mass is 520 g/mol. The second-order valence-electron chi connectivity index (χ2n) is 7.90. The first-order valence-corrected chi connectivity index (χ1v) is 10.5. The normalized spacial score (nSPS) is 11.8. The quantitative estimate of drug-likeness (QED) is 0.160. The van der Waals surface area contributed by atoms with Gasteiger partial charge in [0, 0.05) is 33.5 Å². The Bertz CT molecular complexity index is 1340. The van der Waals surface area contributed by atoms with E-state index in [1.165, 1.54) is 12.3 Å². The van der Waals surface area contributed by atoms with Crippen molar-refractivity contribution in [2.45, 2.75) is 33.1 Å². The summed E-state index contributed by atoms with van der Waals surface area (Å²) < 4.78 is 6.88. The number of halogens is 2. The molecule has 0 fully saturated rings. The van der Waals surface area contributed by atoms with Crippen LogP contribution < -0.4 is 10.3 Å². The van der Waals surface area contributed by atoms with Gasteiger partial charge in [-0.3, -0.25) is 19.7 Å². The Morgan fingerprint density at radius 2 is 2.00 bits per heavy atom. The maximum Gasteiger partial charge on any atom is 0.313 e. The largest absolute Gasteiger partial charge is 0.419 e. The summed E-state index contributed by atoms with van der Waals surface area (Å²) in [5.41, 5.74) is -0.924. The molecule has 0 bridgehead atoms. The summed E-state index contributed by atoms with van der Waals surface area (Å²) in [6.07, 6.45) is 1.18. The van der Waals surface area contributed by atoms with E-state index >= 15 is 0 Å². The van der Waals surface area contributed by atoms with Gasteiger partial charge in [-0.2, -0.15) is 9.78 Å². The van der Waals surface area contributed by atoms with Crippen LogP contribution in [-0.2, 0) is 10.2 Å². The van der Waals surface area contributed by atoms with E-state index in [0.717, 1.165) is 17.7 Å². The summed E-state index contributed by atoms with van der Waals surface area (Å²) in [7, 11) is 0. The molecule has 166 valence electrons. The van der Waals surface area contributed by atoms with Gasteiger partial charge in [0.05, 0.1) is 22.0 Å². The van der Waals surface area contributed by atoms with E-state index in [4.69, 9.17) is 16.3 Å². The number of nitro benzene ring substituents is 1. The van der Waals surface area contributed by atoms with Crippen molar-refractivity contribution in [2.24, 2.45) is 5.10 Å². The molecule has 0 spiro atoms. The summed E-state index contributed by atoms with van der Waals surface area (Å²) >= 11 is 9.37. The summed E-state index contributed by atoms with van der Waals surface area (Å²) in [4.78, 5) is 40.1. The maximum absolute atomic E-state index is 13.2. The fourth-order valence-electron chi connectivity index (χ4n) is 2.95. The van der Waals surface area contributed by atoms with E-state index < -0.39 is 27.6 Å². The van der Waals surface area contributed by atoms with Crippen LogP contribution in [-0.4, -0.2) is 26.8 Å². The van der Waals surface area contributed by atoms with Crippen molar-refractivity contribution in [3.05, 3.63) is 71.7 Å². The van der Waals surface area contributed by atoms with Crippen LogP contribution >= 0.6 is 27.5 Å². The number of benzene rings is 2. The highest BCUT2D eigenvalue weighted by Gasteiger charge is 2.24. The molecule has 0 aliphatic carbocycles. The van der Waals surface area contributed by atoms with Crippen LogP contribution in [0.4, 0.5) is 5.69 Å². The van der Waals surface area contributed by atoms with Gasteiger partial charge >= 0.3 is 11.7 Å². The fourth-order valence-corrected chi connectivity index (χ4v) is 3.53. The molecule has 11 heteroatoms. The molecule has 0 aliphatic heterocycles. The smallest absolute Gasteiger partial charge is 0.313 e. The van der Waals surface area contributed by atoms with E-state index in [-0.39, 0.29) is 16.3 Å². The third-order valence-electron chi connectivity index (χ3n) is 4.30. The summed E-state index contributed by atoms with van der Waals surface area (Å²) in [5.74, 6) is -0.702. The molecular formula is C21H18BrClN4O5. The van der Waals surface area contributed by atoms with Crippen molar-refractivity contribution in [3.63, 3.8) is 0 Å². The second kappa shape index (κ2) is 8.79. The molecule has 3 aromatic rings. The van der Waals surface area contributed by atoms with Gasteiger partial charge < -0.3 is 4.74 Å². The van der Waals surface area contributed by atoms with Crippen LogP contribution in [0.5, 0.6) is 5.75 Å². The Morgan fingerprint density at radius 1 is 1.31 bits per heavy atom. The van der Waals surface area contributed by atoms with Crippen molar-refractivity contribution in [1.82, 2.24) is 9.66 Å². The van der Waals surface area contributed by atoms with Crippen LogP contribution in [0.1, 0.15) is 39.1 Å². The lowest BCUT2D eigenvalue weighted by molar-refractivity contribution is -0.385. The number of nitrogens with zero attached hydrogens (tertiary/aromatic N) is 4. The zero-order valence-corrected chi connectivity index (χ0v) is 19.9. The molecule has 1 heterocycles. The molecule has 0 saturated heterocycles. The maximum atomic E-state index is 13.2. The first-order chi connectivity index (χ1) is 14.9. The zero-order valence-electron chi connectivity index (χ0n) is 17.6. The number of rotatable bonds is 4. The predicted molar refractivity (Wildman–Crippen MR) is 125 cm³/mol. The predicted octanol–water partition coefficient (Wildman–Crippen LogP) is 4.83. The van der Waals surface area contributed by atoms with Crippen LogP contribution in [0.15, 0.2) is 44.7 Å². The van der Waals surface area contributed by atoms with Gasteiger partial charge in [0.1, 0.15) is 5.82 Å². The highest BCUT2D eigenvalue weighted by Crippen LogP contribution is 2.34. The van der Waals surface area contributed by atoms with Gasteiger partial charge in [-0.05, 0) is 24.3 Å². The average Bonchev–Trinajstić information content (AvgIpc) is 2.67. The Hall–Kier alpha value is -3.11. The lowest BCUT2D eigenvalue weighted by Crippen LogP contribution is -2.29. The van der Waals surface area contributed by atoms with Crippen LogP contribution in [0.25, 0.3) is 10.9 Å². The first-order valence-electron chi connectivity index (χ1n) is 9.32. The van der Waals surface area contributed by atoms with Gasteiger partial charge in [0.2, 0.25) is 5.75 Å². The number of nitro groups is 1. The molecule has 0 radical (unpaired) electrons. The van der Waals surface area contributed by atoms with Gasteiger partial charge in [-0.15, -0.1) is 0 Å². The SMILES string of the molecule is CC(=O)Oc1c(C=Nn2c(C(C)(C)C)nc3ccc(Br)cc3c2=O)cc(Cl)cc1[N+](=O)[O-]. The third kappa shape index (κ3) is 4.86. The van der Waals surface area contributed by atoms with Crippen LogP contribution in [0.3, 0.4) is 0 Å². The fraction of sp³-hybridized carbons (Fsp3) is 0.238. The molecule has 3 rings (SSSR count). The number of esters is 1. The molecule has 0 aliphatic rings. The molecule has 0 saturated carbocycles. The Kier molecular flexibility index (Phi) is 6.47. The number of aromatic nitrogens is 2. The standard InChI is InChI=1S/C21H18BrClN4O5/c1-11(28)32-18-12(7-14(23)9-17(18)27(30)31)10-24-26-19(29)15-8-13(22)5-6-16(15)25-20(26)21(2,3)4/h5-10H,1-4H3. The molecule has 9 nitrogen and oxygen atoms in total. The van der Waals surface area contributed by atoms with E-state index in [9.17, 15) is 19.7 Å². The molecule has 0 atom stereocenters. The number of carbonyl (C=O) groups is 1. The molecule has 2 aromatic carbocycles. The van der Waals surface area contributed by atoms with E-state index in [1.807, 2.05) is 20.8 Å². The average molecular weight is 522 g/mol. The molecule has 0 N–H and O–H groups in total. The highest BCUT2D eigenvalue weighted by atomic mass is 79.9. The van der Waals surface area contributed by atoms with Crippen molar-refractivity contribution in [1.29, 1.82) is 0 Å². The highest BCUT2D eigenvalue weighted by molar-refractivity contribution is 9.10. The van der Waals surface area contributed by atoms with Gasteiger partial charge in [-0.1, -0.05) is 48.3 Å². The lowest BCUT2D eigenvalue weighted by atomic mass is 9.95. The van der Waals surface area contributed by atoms with E-state index in [2.05, 4.69) is 26.0 Å². The Morgan fingerprint density at radius 3 is 2.59 bits per heavy atom. The summed E-state index contributed by atoms with van der Waals surface area (Å²) in [6, 6.07) is 7.56. The number of hydrogen-bond donors (Lipinski definition) is 0. The van der Waals surface area contributed by atoms with Crippen LogP contribution in [0.2, 0.25) is 5.02 Å². The molecule has 1 aromatic heterocycles. The molecule has 32 heavy (non-hydrogen) atoms.